The number of rotatable bonds is 12. The van der Waals surface area contributed by atoms with Gasteiger partial charge in [0.05, 0.1) is 18.3 Å². The summed E-state index contributed by atoms with van der Waals surface area (Å²) in [7, 11) is -3.99. The quantitative estimate of drug-likeness (QED) is 0.122. The van der Waals surface area contributed by atoms with E-state index in [1.807, 2.05) is 0 Å². The van der Waals surface area contributed by atoms with E-state index in [9.17, 15) is 41.6 Å². The molecular weight excluding hydrogens is 729 g/mol. The number of alkyl carbamates (subject to hydrolysis) is 1. The fourth-order valence-electron chi connectivity index (χ4n) is 6.54. The van der Waals surface area contributed by atoms with Crippen LogP contribution in [-0.4, -0.2) is 101 Å². The summed E-state index contributed by atoms with van der Waals surface area (Å²) in [6, 6.07) is 1.44. The number of halogens is 1. The van der Waals surface area contributed by atoms with Crippen LogP contribution in [-0.2, 0) is 56.5 Å². The molecule has 6 atom stereocenters. The summed E-state index contributed by atoms with van der Waals surface area (Å²) >= 11 is 0. The minimum atomic E-state index is -3.99. The third kappa shape index (κ3) is 9.02. The molecule has 2 heterocycles. The predicted octanol–water partition coefficient (Wildman–Crippen LogP) is 2.32. The summed E-state index contributed by atoms with van der Waals surface area (Å²) in [5, 5.41) is 4.35. The second-order valence-electron chi connectivity index (χ2n) is 14.9. The predicted molar refractivity (Wildman–Crippen MR) is 189 cm³/mol. The lowest BCUT2D eigenvalue weighted by Crippen LogP contribution is -2.60. The maximum atomic E-state index is 14.4. The van der Waals surface area contributed by atoms with Gasteiger partial charge >= 0.3 is 18.2 Å². The number of fused-ring (bicyclic) bond motifs is 1. The third-order valence-corrected chi connectivity index (χ3v) is 11.4. The van der Waals surface area contributed by atoms with Crippen molar-refractivity contribution in [2.75, 3.05) is 6.54 Å². The van der Waals surface area contributed by atoms with Gasteiger partial charge in [0.25, 0.3) is 5.91 Å². The van der Waals surface area contributed by atoms with Gasteiger partial charge in [0.2, 0.25) is 21.8 Å². The van der Waals surface area contributed by atoms with Gasteiger partial charge in [0, 0.05) is 30.5 Å². The number of hydrogen-bond acceptors (Lipinski definition) is 11. The van der Waals surface area contributed by atoms with E-state index in [2.05, 4.69) is 21.9 Å². The van der Waals surface area contributed by atoms with E-state index < -0.39 is 98.3 Å². The molecule has 294 valence electrons. The van der Waals surface area contributed by atoms with Gasteiger partial charge in [-0.2, -0.15) is 0 Å². The van der Waals surface area contributed by atoms with E-state index >= 15 is 0 Å². The molecule has 5 rings (SSSR count). The molecule has 4 aliphatic rings. The van der Waals surface area contributed by atoms with Crippen LogP contribution in [0.15, 0.2) is 43.0 Å². The molecule has 0 aromatic heterocycles. The van der Waals surface area contributed by atoms with Crippen LogP contribution >= 0.6 is 0 Å². The van der Waals surface area contributed by atoms with E-state index in [1.54, 1.807) is 33.8 Å². The van der Waals surface area contributed by atoms with Crippen LogP contribution in [0.4, 0.5) is 14.0 Å². The van der Waals surface area contributed by atoms with Crippen LogP contribution in [0.1, 0.15) is 71.4 Å². The lowest BCUT2D eigenvalue weighted by Gasteiger charge is -2.32. The average Bonchev–Trinajstić information content (AvgIpc) is 3.97. The number of ether oxygens (including phenoxy) is 3. The van der Waals surface area contributed by atoms with Gasteiger partial charge in [-0.25, -0.2) is 27.2 Å². The summed E-state index contributed by atoms with van der Waals surface area (Å²) in [6.07, 6.45) is 0.182. The molecule has 3 N–H and O–H groups in total. The van der Waals surface area contributed by atoms with Crippen molar-refractivity contribution >= 4 is 45.9 Å². The zero-order chi connectivity index (χ0) is 39.7. The first-order chi connectivity index (χ1) is 25.3. The SMILES string of the molecule is C=C[C@@H]1C[C@]1(NC(=O)[C@@H]1C[C@@H](OC(=O)N2Cc3cccc(F)c3C2)CN1C(=O)[C@@H](NC(=O)OC(C)(C)C)C(C)OC(=O)/C=C/C)C(=O)NS(=O)(=O)C1CC1. The van der Waals surface area contributed by atoms with E-state index in [1.165, 1.54) is 36.1 Å². The van der Waals surface area contributed by atoms with Crippen molar-refractivity contribution in [1.29, 1.82) is 0 Å². The fourth-order valence-corrected chi connectivity index (χ4v) is 7.90. The second-order valence-corrected chi connectivity index (χ2v) is 16.9. The number of benzene rings is 1. The summed E-state index contributed by atoms with van der Waals surface area (Å²) in [4.78, 5) is 83.0. The Kier molecular flexibility index (Phi) is 11.5. The van der Waals surface area contributed by atoms with Gasteiger partial charge in [0.1, 0.15) is 41.2 Å². The molecule has 2 saturated carbocycles. The molecule has 2 aliphatic carbocycles. The molecule has 1 saturated heterocycles. The topological polar surface area (TPSA) is 207 Å². The van der Waals surface area contributed by atoms with Crippen LogP contribution in [0.2, 0.25) is 0 Å². The number of amides is 5. The summed E-state index contributed by atoms with van der Waals surface area (Å²) in [5.74, 6) is -4.69. The summed E-state index contributed by atoms with van der Waals surface area (Å²) in [6.45, 7) is 11.0. The van der Waals surface area contributed by atoms with Crippen LogP contribution in [0.25, 0.3) is 0 Å². The van der Waals surface area contributed by atoms with Crippen molar-refractivity contribution in [1.82, 2.24) is 25.2 Å². The summed E-state index contributed by atoms with van der Waals surface area (Å²) in [5.41, 5.74) is -1.75. The normalized spacial score (nSPS) is 24.5. The number of carbonyl (C=O) groups is 6. The molecule has 1 unspecified atom stereocenters. The van der Waals surface area contributed by atoms with E-state index in [-0.39, 0.29) is 32.5 Å². The molecule has 0 radical (unpaired) electrons. The Morgan fingerprint density at radius 2 is 1.81 bits per heavy atom. The van der Waals surface area contributed by atoms with Crippen molar-refractivity contribution in [3.8, 4) is 0 Å². The van der Waals surface area contributed by atoms with Crippen LogP contribution < -0.4 is 15.4 Å². The third-order valence-electron chi connectivity index (χ3n) is 9.56. The van der Waals surface area contributed by atoms with Crippen molar-refractivity contribution in [2.24, 2.45) is 5.92 Å². The number of likely N-dealkylation sites (tertiary alicyclic amines) is 1. The number of sulfonamides is 1. The van der Waals surface area contributed by atoms with E-state index in [0.717, 1.165) is 11.0 Å². The fraction of sp³-hybridized carbons (Fsp3) is 0.556. The Balaban J connectivity index is 1.41. The highest BCUT2D eigenvalue weighted by atomic mass is 32.2. The Morgan fingerprint density at radius 3 is 2.41 bits per heavy atom. The number of esters is 1. The molecule has 1 aromatic rings. The van der Waals surface area contributed by atoms with E-state index in [4.69, 9.17) is 14.2 Å². The Hall–Kier alpha value is -5.00. The molecule has 16 nitrogen and oxygen atoms in total. The van der Waals surface area contributed by atoms with Gasteiger partial charge < -0.3 is 29.7 Å². The lowest BCUT2D eigenvalue weighted by atomic mass is 10.1. The van der Waals surface area contributed by atoms with Crippen LogP contribution in [0.5, 0.6) is 0 Å². The first-order valence-electron chi connectivity index (χ1n) is 17.6. The number of hydrogen-bond donors (Lipinski definition) is 3. The van der Waals surface area contributed by atoms with E-state index in [0.29, 0.717) is 24.0 Å². The summed E-state index contributed by atoms with van der Waals surface area (Å²) < 4.78 is 58.3. The molecule has 54 heavy (non-hydrogen) atoms. The molecule has 0 spiro atoms. The second kappa shape index (κ2) is 15.4. The van der Waals surface area contributed by atoms with Gasteiger partial charge in [-0.05, 0) is 65.5 Å². The zero-order valence-corrected chi connectivity index (χ0v) is 31.6. The smallest absolute Gasteiger partial charge is 0.410 e. The van der Waals surface area contributed by atoms with Crippen molar-refractivity contribution in [3.63, 3.8) is 0 Å². The molecular formula is C36H46FN5O11S. The minimum absolute atomic E-state index is 0.0280. The molecule has 5 amide bonds. The van der Waals surface area contributed by atoms with Gasteiger partial charge in [-0.1, -0.05) is 24.3 Å². The Bertz CT molecular complexity index is 1860. The molecule has 1 aromatic carbocycles. The standard InChI is InChI=1S/C36H46FN5O11S/c1-7-10-28(43)51-20(3)29(38-33(47)53-35(4,5)6)31(45)42-18-23(52-34(48)41-17-21-11-9-12-26(37)25(21)19-41)15-27(42)30(44)39-36(16-22(36)8-2)32(46)40-54(49,50)24-13-14-24/h7-12,20,22-24,27,29H,2,13-19H2,1,3-6H3,(H,38,47)(H,39,44)(H,40,46)/b10-7+/t20?,22-,23-,27+,29+,36-/m1/s1. The van der Waals surface area contributed by atoms with Crippen LogP contribution in [0.3, 0.4) is 0 Å². The van der Waals surface area contributed by atoms with Gasteiger partial charge in [-0.3, -0.25) is 24.0 Å². The first kappa shape index (κ1) is 40.2. The number of nitrogens with one attached hydrogen (secondary N) is 3. The molecule has 18 heteroatoms. The first-order valence-corrected chi connectivity index (χ1v) is 19.2. The minimum Gasteiger partial charge on any atom is -0.457 e. The average molecular weight is 776 g/mol. The van der Waals surface area contributed by atoms with Crippen molar-refractivity contribution in [2.45, 2.75) is 114 Å². The van der Waals surface area contributed by atoms with Gasteiger partial charge in [-0.15, -0.1) is 6.58 Å². The van der Waals surface area contributed by atoms with Gasteiger partial charge in [0.15, 0.2) is 0 Å². The Labute approximate surface area is 312 Å². The highest BCUT2D eigenvalue weighted by molar-refractivity contribution is 7.91. The zero-order valence-electron chi connectivity index (χ0n) is 30.8. The lowest BCUT2D eigenvalue weighted by molar-refractivity contribution is -0.150. The maximum Gasteiger partial charge on any atom is 0.410 e. The maximum absolute atomic E-state index is 14.4. The monoisotopic (exact) mass is 775 g/mol. The largest absolute Gasteiger partial charge is 0.457 e. The van der Waals surface area contributed by atoms with Crippen LogP contribution in [0, 0.1) is 11.7 Å². The number of nitrogens with zero attached hydrogens (tertiary/aromatic N) is 2. The highest BCUT2D eigenvalue weighted by Crippen LogP contribution is 2.45. The Morgan fingerprint density at radius 1 is 1.11 bits per heavy atom. The van der Waals surface area contributed by atoms with Crippen molar-refractivity contribution < 1.29 is 55.8 Å². The molecule has 3 fully saturated rings. The molecule has 2 aliphatic heterocycles. The van der Waals surface area contributed by atoms with Crippen molar-refractivity contribution in [3.05, 3.63) is 60.0 Å². The number of carbonyl (C=O) groups excluding carboxylic acids is 6. The highest BCUT2D eigenvalue weighted by Gasteiger charge is 2.62. The number of allylic oxidation sites excluding steroid dienone is 1. The molecule has 0 bridgehead atoms.